The molecule has 1 saturated heterocycles. The highest BCUT2D eigenvalue weighted by atomic mass is 79.9. The third-order valence-electron chi connectivity index (χ3n) is 2.84. The first-order valence-corrected chi connectivity index (χ1v) is 9.67. The van der Waals surface area contributed by atoms with E-state index in [1.165, 1.54) is 0 Å². The number of halogens is 3. The van der Waals surface area contributed by atoms with Gasteiger partial charge < -0.3 is 4.52 Å². The number of alkyl halides is 3. The summed E-state index contributed by atoms with van der Waals surface area (Å²) in [5, 5.41) is 0. The van der Waals surface area contributed by atoms with Crippen molar-refractivity contribution in [2.45, 2.75) is 20.6 Å². The van der Waals surface area contributed by atoms with Crippen molar-refractivity contribution >= 4 is 55.2 Å². The minimum Gasteiger partial charge on any atom is -0.442 e. The van der Waals surface area contributed by atoms with Gasteiger partial charge in [0, 0.05) is 4.83 Å². The lowest BCUT2D eigenvalue weighted by Crippen LogP contribution is -2.30. The third kappa shape index (κ3) is 2.68. The fraction of sp³-hybridized carbons (Fsp3) is 0.455. The monoisotopic (exact) mass is 444 g/mol. The van der Waals surface area contributed by atoms with Crippen LogP contribution in [-0.2, 0) is 4.57 Å². The molecule has 0 amide bonds. The van der Waals surface area contributed by atoms with Gasteiger partial charge in [0.05, 0.1) is 10.5 Å². The van der Waals surface area contributed by atoms with Gasteiger partial charge >= 0.3 is 0 Å². The van der Waals surface area contributed by atoms with Gasteiger partial charge in [-0.2, -0.15) is 0 Å². The molecule has 0 aliphatic carbocycles. The van der Waals surface area contributed by atoms with Gasteiger partial charge in [-0.05, 0) is 19.1 Å². The van der Waals surface area contributed by atoms with Gasteiger partial charge in [-0.25, -0.2) is 0 Å². The van der Waals surface area contributed by atoms with Crippen LogP contribution < -0.4 is 4.52 Å². The molecule has 1 aliphatic heterocycles. The van der Waals surface area contributed by atoms with Gasteiger partial charge in [0.1, 0.15) is 10.3 Å². The predicted molar refractivity (Wildman–Crippen MR) is 82.3 cm³/mol. The highest BCUT2D eigenvalue weighted by molar-refractivity contribution is 9.14. The van der Waals surface area contributed by atoms with E-state index in [0.717, 1.165) is 0 Å². The van der Waals surface area contributed by atoms with Gasteiger partial charge in [-0.15, -0.1) is 0 Å². The summed E-state index contributed by atoms with van der Waals surface area (Å²) in [5.74, 6) is 0.658. The SMILES string of the molecule is CC1(Br)C(Br)CP(=O)(Oc2ccccc2)C1Br. The standard InChI is InChI=1S/C11H12Br3O2P/c1-11(14)9(12)7-17(15,10(11)13)16-8-5-3-2-4-6-8/h2-6,9-10H,7H2,1H3. The zero-order valence-corrected chi connectivity index (χ0v) is 14.8. The lowest BCUT2D eigenvalue weighted by molar-refractivity contribution is 0.485. The summed E-state index contributed by atoms with van der Waals surface area (Å²) in [6.07, 6.45) is 0.513. The molecule has 0 bridgehead atoms. The predicted octanol–water partition coefficient (Wildman–Crippen LogP) is 5.00. The quantitative estimate of drug-likeness (QED) is 0.472. The Labute approximate surface area is 126 Å². The molecule has 17 heavy (non-hydrogen) atoms. The molecule has 6 heteroatoms. The summed E-state index contributed by atoms with van der Waals surface area (Å²) in [7, 11) is -2.74. The van der Waals surface area contributed by atoms with Crippen molar-refractivity contribution < 1.29 is 9.09 Å². The van der Waals surface area contributed by atoms with Crippen LogP contribution in [0.2, 0.25) is 0 Å². The van der Waals surface area contributed by atoms with E-state index in [1.807, 2.05) is 37.3 Å². The second-order valence-corrected chi connectivity index (χ2v) is 11.2. The Bertz CT molecular complexity index is 449. The zero-order valence-electron chi connectivity index (χ0n) is 9.15. The molecular weight excluding hydrogens is 435 g/mol. The molecule has 1 aromatic rings. The lowest BCUT2D eigenvalue weighted by Gasteiger charge is -2.24. The van der Waals surface area contributed by atoms with Gasteiger partial charge in [0.2, 0.25) is 0 Å². The van der Waals surface area contributed by atoms with Crippen LogP contribution in [0.3, 0.4) is 0 Å². The molecule has 1 fully saturated rings. The maximum atomic E-state index is 12.8. The molecule has 94 valence electrons. The van der Waals surface area contributed by atoms with Crippen LogP contribution in [0, 0.1) is 0 Å². The Hall–Kier alpha value is 0.690. The van der Waals surface area contributed by atoms with Crippen LogP contribution in [0.1, 0.15) is 6.92 Å². The molecule has 0 saturated carbocycles. The molecule has 2 nitrogen and oxygen atoms in total. The van der Waals surface area contributed by atoms with Crippen molar-refractivity contribution in [1.82, 2.24) is 0 Å². The Morgan fingerprint density at radius 1 is 1.35 bits per heavy atom. The van der Waals surface area contributed by atoms with E-state index in [9.17, 15) is 4.57 Å². The van der Waals surface area contributed by atoms with E-state index >= 15 is 0 Å². The molecule has 4 unspecified atom stereocenters. The van der Waals surface area contributed by atoms with Gasteiger partial charge in [0.25, 0.3) is 7.37 Å². The molecule has 4 atom stereocenters. The molecule has 2 rings (SSSR count). The van der Waals surface area contributed by atoms with Gasteiger partial charge in [0.15, 0.2) is 0 Å². The second-order valence-electron chi connectivity index (χ2n) is 4.27. The first-order valence-electron chi connectivity index (χ1n) is 5.17. The van der Waals surface area contributed by atoms with E-state index in [0.29, 0.717) is 11.9 Å². The normalized spacial score (nSPS) is 41.4. The van der Waals surface area contributed by atoms with Crippen LogP contribution in [0.4, 0.5) is 0 Å². The minimum atomic E-state index is -2.74. The van der Waals surface area contributed by atoms with Crippen molar-refractivity contribution in [3.8, 4) is 5.75 Å². The van der Waals surface area contributed by atoms with Crippen LogP contribution >= 0.6 is 55.2 Å². The van der Waals surface area contributed by atoms with Crippen molar-refractivity contribution in [2.24, 2.45) is 0 Å². The molecule has 0 aromatic heterocycles. The van der Waals surface area contributed by atoms with E-state index in [1.54, 1.807) is 0 Å². The van der Waals surface area contributed by atoms with Crippen molar-refractivity contribution in [2.75, 3.05) is 6.16 Å². The molecular formula is C11H12Br3O2P. The van der Waals surface area contributed by atoms with Gasteiger partial charge in [-0.3, -0.25) is 4.57 Å². The third-order valence-corrected chi connectivity index (χ3v) is 12.7. The first-order chi connectivity index (χ1) is 7.86. The maximum Gasteiger partial charge on any atom is 0.263 e. The fourth-order valence-electron chi connectivity index (χ4n) is 1.77. The summed E-state index contributed by atoms with van der Waals surface area (Å²) in [5.41, 5.74) is 0. The number of para-hydroxylation sites is 1. The highest BCUT2D eigenvalue weighted by Gasteiger charge is 2.57. The smallest absolute Gasteiger partial charge is 0.263 e. The van der Waals surface area contributed by atoms with Crippen LogP contribution in [0.5, 0.6) is 5.75 Å². The molecule has 0 spiro atoms. The summed E-state index contributed by atoms with van der Waals surface area (Å²) < 4.78 is 18.1. The van der Waals surface area contributed by atoms with E-state index < -0.39 is 7.37 Å². The van der Waals surface area contributed by atoms with E-state index in [-0.39, 0.29) is 13.7 Å². The maximum absolute atomic E-state index is 12.8. The number of benzene rings is 1. The Morgan fingerprint density at radius 2 is 1.94 bits per heavy atom. The summed E-state index contributed by atoms with van der Waals surface area (Å²) >= 11 is 10.7. The lowest BCUT2D eigenvalue weighted by atomic mass is 10.2. The van der Waals surface area contributed by atoms with Crippen molar-refractivity contribution in [3.63, 3.8) is 0 Å². The average Bonchev–Trinajstić information content (AvgIpc) is 2.42. The Morgan fingerprint density at radius 3 is 2.41 bits per heavy atom. The van der Waals surface area contributed by atoms with Crippen molar-refractivity contribution in [1.29, 1.82) is 0 Å². The summed E-state index contributed by atoms with van der Waals surface area (Å²) in [6, 6.07) is 9.31. The van der Waals surface area contributed by atoms with Crippen LogP contribution in [0.15, 0.2) is 30.3 Å². The number of rotatable bonds is 2. The minimum absolute atomic E-state index is 0.119. The van der Waals surface area contributed by atoms with E-state index in [4.69, 9.17) is 4.52 Å². The van der Waals surface area contributed by atoms with Crippen molar-refractivity contribution in [3.05, 3.63) is 30.3 Å². The van der Waals surface area contributed by atoms with E-state index in [2.05, 4.69) is 47.8 Å². The largest absolute Gasteiger partial charge is 0.442 e. The Balaban J connectivity index is 2.25. The number of hydrogen-bond acceptors (Lipinski definition) is 2. The topological polar surface area (TPSA) is 26.3 Å². The van der Waals surface area contributed by atoms with Gasteiger partial charge in [-0.1, -0.05) is 66.0 Å². The zero-order chi connectivity index (χ0) is 12.7. The molecule has 1 heterocycles. The first kappa shape index (κ1) is 14.1. The molecule has 1 aliphatic rings. The van der Waals surface area contributed by atoms with Crippen LogP contribution in [0.25, 0.3) is 0 Å². The second kappa shape index (κ2) is 4.99. The summed E-state index contributed by atoms with van der Waals surface area (Å²) in [6.45, 7) is 2.01. The molecule has 1 aromatic carbocycles. The van der Waals surface area contributed by atoms with Crippen LogP contribution in [-0.4, -0.2) is 19.9 Å². The highest BCUT2D eigenvalue weighted by Crippen LogP contribution is 2.67. The average molecular weight is 447 g/mol. The Kier molecular flexibility index (Phi) is 4.14. The molecule has 0 radical (unpaired) electrons. The summed E-state index contributed by atoms with van der Waals surface area (Å²) in [4.78, 5) is 0.119. The fourth-order valence-corrected chi connectivity index (χ4v) is 8.83. The number of hydrogen-bond donors (Lipinski definition) is 0. The molecule has 0 N–H and O–H groups in total.